The van der Waals surface area contributed by atoms with Crippen LogP contribution in [0.25, 0.3) is 0 Å². The van der Waals surface area contributed by atoms with Crippen molar-refractivity contribution in [3.63, 3.8) is 0 Å². The zero-order valence-corrected chi connectivity index (χ0v) is 11.8. The lowest BCUT2D eigenvalue weighted by atomic mass is 10.3. The first kappa shape index (κ1) is 14.8. The first-order chi connectivity index (χ1) is 9.84. The maximum Gasteiger partial charge on any atom is 0.234 e. The van der Waals surface area contributed by atoms with Gasteiger partial charge in [0.05, 0.1) is 13.2 Å². The van der Waals surface area contributed by atoms with Gasteiger partial charge >= 0.3 is 0 Å². The Hall–Kier alpha value is -1.59. The molecule has 1 amide bonds. The van der Waals surface area contributed by atoms with Gasteiger partial charge in [-0.1, -0.05) is 18.2 Å². The van der Waals surface area contributed by atoms with E-state index >= 15 is 0 Å². The molecule has 1 aromatic rings. The van der Waals surface area contributed by atoms with E-state index in [-0.39, 0.29) is 5.91 Å². The molecule has 20 heavy (non-hydrogen) atoms. The zero-order valence-electron chi connectivity index (χ0n) is 11.8. The quantitative estimate of drug-likeness (QED) is 0.712. The minimum absolute atomic E-state index is 0.103. The van der Waals surface area contributed by atoms with Crippen molar-refractivity contribution in [3.05, 3.63) is 30.3 Å². The number of para-hydroxylation sites is 1. The fraction of sp³-hybridized carbons (Fsp3) is 0.533. The third kappa shape index (κ3) is 5.59. The summed E-state index contributed by atoms with van der Waals surface area (Å²) in [6, 6.07) is 9.73. The number of rotatable bonds is 7. The molecule has 1 fully saturated rings. The van der Waals surface area contributed by atoms with Crippen molar-refractivity contribution in [2.45, 2.75) is 6.42 Å². The van der Waals surface area contributed by atoms with Crippen molar-refractivity contribution in [3.8, 4) is 5.75 Å². The van der Waals surface area contributed by atoms with Crippen LogP contribution in [0.5, 0.6) is 5.75 Å². The SMILES string of the molecule is O=C(CN1CCNCC1)NCCCOc1ccccc1. The maximum absolute atomic E-state index is 11.7. The van der Waals surface area contributed by atoms with Crippen LogP contribution < -0.4 is 15.4 Å². The first-order valence-electron chi connectivity index (χ1n) is 7.22. The molecule has 5 heteroatoms. The minimum atomic E-state index is 0.103. The van der Waals surface area contributed by atoms with E-state index in [0.29, 0.717) is 19.7 Å². The number of nitrogens with zero attached hydrogens (tertiary/aromatic N) is 1. The smallest absolute Gasteiger partial charge is 0.234 e. The molecule has 5 nitrogen and oxygen atoms in total. The van der Waals surface area contributed by atoms with Crippen molar-refractivity contribution in [1.29, 1.82) is 0 Å². The minimum Gasteiger partial charge on any atom is -0.494 e. The largest absolute Gasteiger partial charge is 0.494 e. The van der Waals surface area contributed by atoms with Crippen LogP contribution in [0.4, 0.5) is 0 Å². The van der Waals surface area contributed by atoms with Crippen LogP contribution in [0.2, 0.25) is 0 Å². The summed E-state index contributed by atoms with van der Waals surface area (Å²) < 4.78 is 5.57. The number of nitrogens with one attached hydrogen (secondary N) is 2. The lowest BCUT2D eigenvalue weighted by Crippen LogP contribution is -2.47. The summed E-state index contributed by atoms with van der Waals surface area (Å²) in [5.74, 6) is 0.978. The number of piperazine rings is 1. The second-order valence-electron chi connectivity index (χ2n) is 4.89. The molecule has 0 aliphatic carbocycles. The summed E-state index contributed by atoms with van der Waals surface area (Å²) in [7, 11) is 0. The number of hydrogen-bond donors (Lipinski definition) is 2. The number of amides is 1. The molecule has 1 aliphatic heterocycles. The standard InChI is InChI=1S/C15H23N3O2/c19-15(13-18-10-8-16-9-11-18)17-7-4-12-20-14-5-2-1-3-6-14/h1-3,5-6,16H,4,7-13H2,(H,17,19). The number of benzene rings is 1. The van der Waals surface area contributed by atoms with Crippen molar-refractivity contribution in [1.82, 2.24) is 15.5 Å². The van der Waals surface area contributed by atoms with E-state index in [1.165, 1.54) is 0 Å². The molecule has 1 saturated heterocycles. The molecule has 0 spiro atoms. The molecule has 110 valence electrons. The molecule has 1 aliphatic rings. The van der Waals surface area contributed by atoms with E-state index in [1.54, 1.807) is 0 Å². The zero-order chi connectivity index (χ0) is 14.0. The average molecular weight is 277 g/mol. The molecular weight excluding hydrogens is 254 g/mol. The summed E-state index contributed by atoms with van der Waals surface area (Å²) in [5, 5.41) is 6.21. The van der Waals surface area contributed by atoms with E-state index in [1.807, 2.05) is 30.3 Å². The highest BCUT2D eigenvalue weighted by atomic mass is 16.5. The van der Waals surface area contributed by atoms with Crippen molar-refractivity contribution < 1.29 is 9.53 Å². The second-order valence-corrected chi connectivity index (χ2v) is 4.89. The summed E-state index contributed by atoms with van der Waals surface area (Å²) in [5.41, 5.74) is 0. The molecule has 0 saturated carbocycles. The van der Waals surface area contributed by atoms with Gasteiger partial charge in [-0.3, -0.25) is 9.69 Å². The van der Waals surface area contributed by atoms with Crippen molar-refractivity contribution >= 4 is 5.91 Å². The molecular formula is C15H23N3O2. The summed E-state index contributed by atoms with van der Waals surface area (Å²) in [6.45, 7) is 5.63. The Bertz CT molecular complexity index is 391. The first-order valence-corrected chi connectivity index (χ1v) is 7.22. The lowest BCUT2D eigenvalue weighted by molar-refractivity contribution is -0.122. The van der Waals surface area contributed by atoms with Crippen LogP contribution in [-0.4, -0.2) is 56.7 Å². The number of ether oxygens (including phenoxy) is 1. The highest BCUT2D eigenvalue weighted by Gasteiger charge is 2.12. The van der Waals surface area contributed by atoms with E-state index in [4.69, 9.17) is 4.74 Å². The van der Waals surface area contributed by atoms with E-state index < -0.39 is 0 Å². The van der Waals surface area contributed by atoms with E-state index in [9.17, 15) is 4.79 Å². The van der Waals surface area contributed by atoms with Crippen molar-refractivity contribution in [2.75, 3.05) is 45.9 Å². The van der Waals surface area contributed by atoms with Gasteiger partial charge in [0.2, 0.25) is 5.91 Å². The Morgan fingerprint density at radius 1 is 1.25 bits per heavy atom. The Balaban J connectivity index is 1.51. The Labute approximate surface area is 120 Å². The van der Waals surface area contributed by atoms with Crippen LogP contribution in [0, 0.1) is 0 Å². The topological polar surface area (TPSA) is 53.6 Å². The second kappa shape index (κ2) is 8.55. The molecule has 0 unspecified atom stereocenters. The van der Waals surface area contributed by atoms with Crippen molar-refractivity contribution in [2.24, 2.45) is 0 Å². The van der Waals surface area contributed by atoms with Gasteiger partial charge < -0.3 is 15.4 Å². The van der Waals surface area contributed by atoms with Gasteiger partial charge in [-0.2, -0.15) is 0 Å². The van der Waals surface area contributed by atoms with Crippen LogP contribution >= 0.6 is 0 Å². The lowest BCUT2D eigenvalue weighted by Gasteiger charge is -2.26. The van der Waals surface area contributed by atoms with Crippen LogP contribution in [0.1, 0.15) is 6.42 Å². The Morgan fingerprint density at radius 2 is 2.00 bits per heavy atom. The third-order valence-electron chi connectivity index (χ3n) is 3.23. The molecule has 0 radical (unpaired) electrons. The molecule has 1 heterocycles. The van der Waals surface area contributed by atoms with Crippen LogP contribution in [0.3, 0.4) is 0 Å². The van der Waals surface area contributed by atoms with Gasteiger partial charge in [0.1, 0.15) is 5.75 Å². The van der Waals surface area contributed by atoms with Gasteiger partial charge in [0, 0.05) is 32.7 Å². The highest BCUT2D eigenvalue weighted by Crippen LogP contribution is 2.07. The van der Waals surface area contributed by atoms with Gasteiger partial charge in [-0.15, -0.1) is 0 Å². The Morgan fingerprint density at radius 3 is 2.75 bits per heavy atom. The van der Waals surface area contributed by atoms with Gasteiger partial charge in [0.25, 0.3) is 0 Å². The number of hydrogen-bond acceptors (Lipinski definition) is 4. The molecule has 0 atom stereocenters. The van der Waals surface area contributed by atoms with Crippen LogP contribution in [-0.2, 0) is 4.79 Å². The predicted molar refractivity (Wildman–Crippen MR) is 78.9 cm³/mol. The van der Waals surface area contributed by atoms with E-state index in [0.717, 1.165) is 38.3 Å². The summed E-state index contributed by atoms with van der Waals surface area (Å²) in [6.07, 6.45) is 0.822. The normalized spacial score (nSPS) is 15.8. The average Bonchev–Trinajstić information content (AvgIpc) is 2.49. The fourth-order valence-corrected chi connectivity index (χ4v) is 2.13. The molecule has 2 rings (SSSR count). The Kier molecular flexibility index (Phi) is 6.34. The third-order valence-corrected chi connectivity index (χ3v) is 3.23. The van der Waals surface area contributed by atoms with Crippen LogP contribution in [0.15, 0.2) is 30.3 Å². The predicted octanol–water partition coefficient (Wildman–Crippen LogP) is 0.477. The summed E-state index contributed by atoms with van der Waals surface area (Å²) >= 11 is 0. The van der Waals surface area contributed by atoms with Gasteiger partial charge in [-0.25, -0.2) is 0 Å². The fourth-order valence-electron chi connectivity index (χ4n) is 2.13. The molecule has 0 aromatic heterocycles. The monoisotopic (exact) mass is 277 g/mol. The molecule has 0 bridgehead atoms. The van der Waals surface area contributed by atoms with Gasteiger partial charge in [-0.05, 0) is 18.6 Å². The highest BCUT2D eigenvalue weighted by molar-refractivity contribution is 5.77. The number of carbonyl (C=O) groups is 1. The molecule has 2 N–H and O–H groups in total. The summed E-state index contributed by atoms with van der Waals surface area (Å²) in [4.78, 5) is 13.9. The molecule has 1 aromatic carbocycles. The van der Waals surface area contributed by atoms with Gasteiger partial charge in [0.15, 0.2) is 0 Å². The number of carbonyl (C=O) groups excluding carboxylic acids is 1. The maximum atomic E-state index is 11.7. The van der Waals surface area contributed by atoms with E-state index in [2.05, 4.69) is 15.5 Å².